The topological polar surface area (TPSA) is 58.2 Å². The number of carbonyl (C=O) groups is 1. The maximum absolute atomic E-state index is 13.4. The number of hydrogen-bond acceptors (Lipinski definition) is 4. The van der Waals surface area contributed by atoms with Crippen LogP contribution >= 0.6 is 11.8 Å². The predicted octanol–water partition coefficient (Wildman–Crippen LogP) is 4.83. The fourth-order valence-corrected chi connectivity index (χ4v) is 4.87. The van der Waals surface area contributed by atoms with Gasteiger partial charge in [0.05, 0.1) is 17.8 Å². The van der Waals surface area contributed by atoms with Crippen molar-refractivity contribution in [3.05, 3.63) is 70.9 Å². The average molecular weight is 420 g/mol. The van der Waals surface area contributed by atoms with E-state index < -0.39 is 0 Å². The Kier molecular flexibility index (Phi) is 5.13. The molecular weight excluding hydrogens is 394 g/mol. The zero-order valence-electron chi connectivity index (χ0n) is 17.2. The lowest BCUT2D eigenvalue weighted by molar-refractivity contribution is 0.0495. The van der Waals surface area contributed by atoms with Crippen molar-refractivity contribution < 1.29 is 9.53 Å². The highest BCUT2D eigenvalue weighted by Gasteiger charge is 2.43. The molecule has 0 saturated carbocycles. The maximum Gasteiger partial charge on any atom is 0.273 e. The summed E-state index contributed by atoms with van der Waals surface area (Å²) in [4.78, 5) is 16.6. The number of H-pyrrole nitrogens is 1. The molecule has 1 amide bonds. The van der Waals surface area contributed by atoms with Crippen LogP contribution in [-0.4, -0.2) is 46.5 Å². The second kappa shape index (κ2) is 7.93. The number of aromatic amines is 1. The smallest absolute Gasteiger partial charge is 0.273 e. The molecule has 2 unspecified atom stereocenters. The SMILES string of the molecule is CSc1ccc(C2c3c(-c4ccc(C)cc4)n[nH]c3C(=O)N2CC2CCCO2)cc1. The molecule has 1 fully saturated rings. The Morgan fingerprint density at radius 3 is 2.60 bits per heavy atom. The van der Waals surface area contributed by atoms with Gasteiger partial charge in [0.25, 0.3) is 5.91 Å². The quantitative estimate of drug-likeness (QED) is 0.602. The number of carbonyl (C=O) groups excluding carboxylic acids is 1. The molecule has 2 aromatic carbocycles. The minimum Gasteiger partial charge on any atom is -0.376 e. The van der Waals surface area contributed by atoms with E-state index in [2.05, 4.69) is 71.9 Å². The summed E-state index contributed by atoms with van der Waals surface area (Å²) < 4.78 is 5.86. The second-order valence-electron chi connectivity index (χ2n) is 8.00. The highest BCUT2D eigenvalue weighted by molar-refractivity contribution is 7.98. The first kappa shape index (κ1) is 19.4. The molecule has 2 aliphatic rings. The molecule has 3 aromatic rings. The number of aryl methyl sites for hydroxylation is 1. The molecule has 1 aromatic heterocycles. The summed E-state index contributed by atoms with van der Waals surface area (Å²) in [5, 5.41) is 7.60. The van der Waals surface area contributed by atoms with Crippen LogP contribution in [0.5, 0.6) is 0 Å². The van der Waals surface area contributed by atoms with E-state index in [1.54, 1.807) is 11.8 Å². The van der Waals surface area contributed by atoms with Crippen LogP contribution in [0.4, 0.5) is 0 Å². The molecular formula is C24H25N3O2S. The normalized spacial score (nSPS) is 20.7. The minimum atomic E-state index is -0.164. The lowest BCUT2D eigenvalue weighted by Gasteiger charge is -2.28. The van der Waals surface area contributed by atoms with Gasteiger partial charge in [-0.1, -0.05) is 42.0 Å². The lowest BCUT2D eigenvalue weighted by Crippen LogP contribution is -2.36. The third-order valence-electron chi connectivity index (χ3n) is 6.04. The summed E-state index contributed by atoms with van der Waals surface area (Å²) in [5.41, 5.74) is 5.75. The van der Waals surface area contributed by atoms with E-state index >= 15 is 0 Å². The molecule has 5 rings (SSSR count). The first-order valence-corrected chi connectivity index (χ1v) is 11.6. The number of ether oxygens (including phenoxy) is 1. The van der Waals surface area contributed by atoms with Crippen molar-refractivity contribution in [3.8, 4) is 11.3 Å². The Bertz CT molecular complexity index is 1050. The van der Waals surface area contributed by atoms with Crippen LogP contribution in [0.1, 0.15) is 46.1 Å². The van der Waals surface area contributed by atoms with Crippen LogP contribution in [-0.2, 0) is 4.74 Å². The molecule has 0 aliphatic carbocycles. The number of thioether (sulfide) groups is 1. The molecule has 6 heteroatoms. The van der Waals surface area contributed by atoms with Gasteiger partial charge in [0, 0.05) is 29.2 Å². The number of benzene rings is 2. The van der Waals surface area contributed by atoms with E-state index in [-0.39, 0.29) is 18.1 Å². The van der Waals surface area contributed by atoms with Crippen molar-refractivity contribution >= 4 is 17.7 Å². The summed E-state index contributed by atoms with van der Waals surface area (Å²) in [5.74, 6) is 0.00491. The second-order valence-corrected chi connectivity index (χ2v) is 8.87. The van der Waals surface area contributed by atoms with E-state index in [0.717, 1.165) is 41.8 Å². The molecule has 2 atom stereocenters. The number of amides is 1. The van der Waals surface area contributed by atoms with Gasteiger partial charge < -0.3 is 9.64 Å². The molecule has 1 saturated heterocycles. The predicted molar refractivity (Wildman–Crippen MR) is 119 cm³/mol. The monoisotopic (exact) mass is 419 g/mol. The molecule has 0 bridgehead atoms. The fourth-order valence-electron chi connectivity index (χ4n) is 4.46. The van der Waals surface area contributed by atoms with E-state index in [4.69, 9.17) is 4.74 Å². The Labute approximate surface area is 180 Å². The molecule has 5 nitrogen and oxygen atoms in total. The molecule has 0 spiro atoms. The van der Waals surface area contributed by atoms with Crippen LogP contribution in [0.15, 0.2) is 53.4 Å². The van der Waals surface area contributed by atoms with Crippen molar-refractivity contribution in [2.75, 3.05) is 19.4 Å². The van der Waals surface area contributed by atoms with Crippen molar-refractivity contribution in [3.63, 3.8) is 0 Å². The van der Waals surface area contributed by atoms with Crippen LogP contribution in [0.3, 0.4) is 0 Å². The largest absolute Gasteiger partial charge is 0.376 e. The lowest BCUT2D eigenvalue weighted by atomic mass is 9.95. The number of nitrogens with zero attached hydrogens (tertiary/aromatic N) is 2. The standard InChI is InChI=1S/C24H25N3O2S/c1-15-5-7-16(8-6-15)21-20-22(26-25-21)24(28)27(14-18-4-3-13-29-18)23(20)17-9-11-19(30-2)12-10-17/h5-12,18,23H,3-4,13-14H2,1-2H3,(H,25,26). The van der Waals surface area contributed by atoms with Gasteiger partial charge in [0.1, 0.15) is 5.69 Å². The van der Waals surface area contributed by atoms with Gasteiger partial charge in [-0.25, -0.2) is 0 Å². The third kappa shape index (κ3) is 3.34. The van der Waals surface area contributed by atoms with E-state index in [1.165, 1.54) is 10.5 Å². The molecule has 3 heterocycles. The zero-order chi connectivity index (χ0) is 20.7. The summed E-state index contributed by atoms with van der Waals surface area (Å²) in [6.45, 7) is 3.45. The third-order valence-corrected chi connectivity index (χ3v) is 6.79. The van der Waals surface area contributed by atoms with Gasteiger partial charge in [-0.05, 0) is 43.7 Å². The molecule has 2 aliphatic heterocycles. The van der Waals surface area contributed by atoms with E-state index in [9.17, 15) is 4.79 Å². The molecule has 154 valence electrons. The number of fused-ring (bicyclic) bond motifs is 1. The summed E-state index contributed by atoms with van der Waals surface area (Å²) in [7, 11) is 0. The summed E-state index contributed by atoms with van der Waals surface area (Å²) >= 11 is 1.72. The number of aromatic nitrogens is 2. The number of rotatable bonds is 5. The molecule has 1 N–H and O–H groups in total. The Morgan fingerprint density at radius 2 is 1.93 bits per heavy atom. The van der Waals surface area contributed by atoms with Gasteiger partial charge in [0.15, 0.2) is 0 Å². The van der Waals surface area contributed by atoms with Crippen LogP contribution in [0, 0.1) is 6.92 Å². The first-order valence-electron chi connectivity index (χ1n) is 10.4. The zero-order valence-corrected chi connectivity index (χ0v) is 18.0. The van der Waals surface area contributed by atoms with Crippen LogP contribution < -0.4 is 0 Å². The van der Waals surface area contributed by atoms with E-state index in [0.29, 0.717) is 12.2 Å². The van der Waals surface area contributed by atoms with Crippen LogP contribution in [0.25, 0.3) is 11.3 Å². The van der Waals surface area contributed by atoms with Crippen molar-refractivity contribution in [1.29, 1.82) is 0 Å². The van der Waals surface area contributed by atoms with Gasteiger partial charge >= 0.3 is 0 Å². The summed E-state index contributed by atoms with van der Waals surface area (Å²) in [6, 6.07) is 16.7. The number of nitrogens with one attached hydrogen (secondary N) is 1. The van der Waals surface area contributed by atoms with Gasteiger partial charge in [-0.15, -0.1) is 11.8 Å². The van der Waals surface area contributed by atoms with Crippen molar-refractivity contribution in [2.45, 2.75) is 36.8 Å². The molecule has 0 radical (unpaired) electrons. The van der Waals surface area contributed by atoms with Gasteiger partial charge in [-0.2, -0.15) is 5.10 Å². The highest BCUT2D eigenvalue weighted by Crippen LogP contribution is 2.43. The summed E-state index contributed by atoms with van der Waals surface area (Å²) in [6.07, 6.45) is 4.23. The Hall–Kier alpha value is -2.57. The minimum absolute atomic E-state index is 0.00491. The van der Waals surface area contributed by atoms with Crippen molar-refractivity contribution in [1.82, 2.24) is 15.1 Å². The van der Waals surface area contributed by atoms with E-state index in [1.807, 2.05) is 4.90 Å². The Morgan fingerprint density at radius 1 is 1.17 bits per heavy atom. The van der Waals surface area contributed by atoms with Gasteiger partial charge in [0.2, 0.25) is 0 Å². The van der Waals surface area contributed by atoms with Gasteiger partial charge in [-0.3, -0.25) is 9.89 Å². The van der Waals surface area contributed by atoms with Crippen molar-refractivity contribution in [2.24, 2.45) is 0 Å². The highest BCUT2D eigenvalue weighted by atomic mass is 32.2. The number of hydrogen-bond donors (Lipinski definition) is 1. The maximum atomic E-state index is 13.4. The van der Waals surface area contributed by atoms with Crippen LogP contribution in [0.2, 0.25) is 0 Å². The Balaban J connectivity index is 1.60. The molecule has 30 heavy (non-hydrogen) atoms. The average Bonchev–Trinajstić information content (AvgIpc) is 3.49. The first-order chi connectivity index (χ1) is 14.7. The fraction of sp³-hybridized carbons (Fsp3) is 0.333.